The Bertz CT molecular complexity index is 427. The molecule has 6 nitrogen and oxygen atoms in total. The first-order valence-electron chi connectivity index (χ1n) is 6.96. The molecule has 0 saturated heterocycles. The normalized spacial score (nSPS) is 17.9. The fourth-order valence-corrected chi connectivity index (χ4v) is 2.47. The Balaban J connectivity index is 1.79. The molecule has 1 aliphatic rings. The average molecular weight is 264 g/mol. The van der Waals surface area contributed by atoms with E-state index in [-0.39, 0.29) is 0 Å². The zero-order valence-corrected chi connectivity index (χ0v) is 12.1. The lowest BCUT2D eigenvalue weighted by Crippen LogP contribution is -2.46. The largest absolute Gasteiger partial charge is 0.356 e. The molecular weight excluding hydrogens is 240 g/mol. The molecular formula is C13H24N6. The van der Waals surface area contributed by atoms with Crippen molar-refractivity contribution >= 4 is 5.96 Å². The lowest BCUT2D eigenvalue weighted by Gasteiger charge is -2.41. The molecule has 0 radical (unpaired) electrons. The monoisotopic (exact) mass is 264 g/mol. The highest BCUT2D eigenvalue weighted by molar-refractivity contribution is 5.79. The summed E-state index contributed by atoms with van der Waals surface area (Å²) in [4.78, 5) is 8.43. The van der Waals surface area contributed by atoms with Gasteiger partial charge in [0.15, 0.2) is 5.96 Å². The minimum Gasteiger partial charge on any atom is -0.356 e. The summed E-state index contributed by atoms with van der Waals surface area (Å²) in [5.41, 5.74) is 0.488. The van der Waals surface area contributed by atoms with Gasteiger partial charge in [-0.2, -0.15) is 5.10 Å². The van der Waals surface area contributed by atoms with E-state index in [9.17, 15) is 0 Å². The van der Waals surface area contributed by atoms with E-state index in [1.165, 1.54) is 25.7 Å². The van der Waals surface area contributed by atoms with Crippen LogP contribution in [0.25, 0.3) is 0 Å². The second-order valence-electron chi connectivity index (χ2n) is 5.29. The van der Waals surface area contributed by atoms with E-state index < -0.39 is 0 Å². The molecule has 1 aromatic rings. The molecule has 1 fully saturated rings. The van der Waals surface area contributed by atoms with Crippen LogP contribution in [-0.4, -0.2) is 34.3 Å². The maximum absolute atomic E-state index is 4.25. The fraction of sp³-hybridized carbons (Fsp3) is 0.769. The molecule has 2 rings (SSSR count). The third kappa shape index (κ3) is 3.24. The molecule has 0 aliphatic heterocycles. The highest BCUT2D eigenvalue weighted by Crippen LogP contribution is 2.42. The van der Waals surface area contributed by atoms with Crippen LogP contribution in [-0.2, 0) is 13.6 Å². The molecule has 1 aliphatic carbocycles. The van der Waals surface area contributed by atoms with Crippen molar-refractivity contribution in [3.63, 3.8) is 0 Å². The van der Waals surface area contributed by atoms with Gasteiger partial charge in [0, 0.05) is 20.6 Å². The first kappa shape index (κ1) is 13.8. The summed E-state index contributed by atoms with van der Waals surface area (Å²) >= 11 is 0. The van der Waals surface area contributed by atoms with Crippen LogP contribution in [0.1, 0.15) is 38.4 Å². The van der Waals surface area contributed by atoms with E-state index in [2.05, 4.69) is 32.6 Å². The molecule has 106 valence electrons. The number of nitrogens with zero attached hydrogens (tertiary/aromatic N) is 4. The van der Waals surface area contributed by atoms with Gasteiger partial charge in [-0.25, -0.2) is 4.98 Å². The molecule has 19 heavy (non-hydrogen) atoms. The van der Waals surface area contributed by atoms with E-state index in [1.54, 1.807) is 18.1 Å². The van der Waals surface area contributed by atoms with Gasteiger partial charge in [-0.05, 0) is 24.7 Å². The summed E-state index contributed by atoms with van der Waals surface area (Å²) in [7, 11) is 3.69. The molecule has 1 heterocycles. The molecule has 0 unspecified atom stereocenters. The Labute approximate surface area is 114 Å². The Hall–Kier alpha value is -1.59. The summed E-state index contributed by atoms with van der Waals surface area (Å²) < 4.78 is 1.76. The third-order valence-corrected chi connectivity index (χ3v) is 4.24. The molecule has 1 saturated carbocycles. The highest BCUT2D eigenvalue weighted by Gasteiger charge is 2.34. The number of hydrogen-bond acceptors (Lipinski definition) is 3. The standard InChI is InChI=1S/C13H24N6/c1-4-13(6-5-7-13)9-16-12(14-2)15-8-11-17-10-18-19(11)3/h10H,4-9H2,1-3H3,(H2,14,15,16). The van der Waals surface area contributed by atoms with Crippen LogP contribution in [0.5, 0.6) is 0 Å². The summed E-state index contributed by atoms with van der Waals surface area (Å²) in [5.74, 6) is 1.74. The number of hydrogen-bond donors (Lipinski definition) is 2. The number of aliphatic imine (C=N–C) groups is 1. The van der Waals surface area contributed by atoms with Gasteiger partial charge in [0.05, 0.1) is 6.54 Å². The second kappa shape index (κ2) is 6.04. The van der Waals surface area contributed by atoms with E-state index in [0.717, 1.165) is 18.3 Å². The van der Waals surface area contributed by atoms with Gasteiger partial charge < -0.3 is 10.6 Å². The Morgan fingerprint density at radius 3 is 2.74 bits per heavy atom. The van der Waals surface area contributed by atoms with Crippen LogP contribution >= 0.6 is 0 Å². The predicted octanol–water partition coefficient (Wildman–Crippen LogP) is 1.06. The van der Waals surface area contributed by atoms with E-state index >= 15 is 0 Å². The van der Waals surface area contributed by atoms with Crippen molar-refractivity contribution in [2.45, 2.75) is 39.2 Å². The van der Waals surface area contributed by atoms with Gasteiger partial charge in [-0.15, -0.1) is 0 Å². The van der Waals surface area contributed by atoms with Crippen LogP contribution in [0.4, 0.5) is 0 Å². The van der Waals surface area contributed by atoms with Crippen LogP contribution in [0.15, 0.2) is 11.3 Å². The van der Waals surface area contributed by atoms with E-state index in [1.807, 2.05) is 7.05 Å². The van der Waals surface area contributed by atoms with Crippen molar-refractivity contribution in [2.24, 2.45) is 17.5 Å². The predicted molar refractivity (Wildman–Crippen MR) is 75.8 cm³/mol. The molecule has 0 aromatic carbocycles. The summed E-state index contributed by atoms with van der Waals surface area (Å²) in [5, 5.41) is 10.7. The van der Waals surface area contributed by atoms with Gasteiger partial charge in [-0.3, -0.25) is 9.67 Å². The summed E-state index contributed by atoms with van der Waals surface area (Å²) in [6, 6.07) is 0. The van der Waals surface area contributed by atoms with Crippen molar-refractivity contribution in [1.82, 2.24) is 25.4 Å². The third-order valence-electron chi connectivity index (χ3n) is 4.24. The average Bonchev–Trinajstić information content (AvgIpc) is 2.78. The fourth-order valence-electron chi connectivity index (χ4n) is 2.47. The van der Waals surface area contributed by atoms with E-state index in [0.29, 0.717) is 12.0 Å². The number of rotatable bonds is 5. The lowest BCUT2D eigenvalue weighted by atomic mass is 9.67. The van der Waals surface area contributed by atoms with Gasteiger partial charge in [0.25, 0.3) is 0 Å². The number of aryl methyl sites for hydroxylation is 1. The van der Waals surface area contributed by atoms with Crippen molar-refractivity contribution in [3.8, 4) is 0 Å². The SMILES string of the molecule is CCC1(CNC(=NC)NCc2ncnn2C)CCC1. The topological polar surface area (TPSA) is 67.1 Å². The smallest absolute Gasteiger partial charge is 0.191 e. The molecule has 0 spiro atoms. The number of guanidine groups is 1. The maximum Gasteiger partial charge on any atom is 0.191 e. The molecule has 1 aromatic heterocycles. The van der Waals surface area contributed by atoms with Gasteiger partial charge in [-0.1, -0.05) is 13.3 Å². The van der Waals surface area contributed by atoms with Crippen molar-refractivity contribution in [3.05, 3.63) is 12.2 Å². The molecule has 6 heteroatoms. The van der Waals surface area contributed by atoms with E-state index in [4.69, 9.17) is 0 Å². The van der Waals surface area contributed by atoms with Gasteiger partial charge >= 0.3 is 0 Å². The molecule has 0 atom stereocenters. The lowest BCUT2D eigenvalue weighted by molar-refractivity contribution is 0.131. The van der Waals surface area contributed by atoms with Crippen LogP contribution in [0.2, 0.25) is 0 Å². The van der Waals surface area contributed by atoms with Crippen LogP contribution in [0.3, 0.4) is 0 Å². The molecule has 0 bridgehead atoms. The first-order chi connectivity index (χ1) is 9.19. The summed E-state index contributed by atoms with van der Waals surface area (Å²) in [6.45, 7) is 3.91. The highest BCUT2D eigenvalue weighted by atomic mass is 15.3. The van der Waals surface area contributed by atoms with Crippen LogP contribution < -0.4 is 10.6 Å². The first-order valence-corrected chi connectivity index (χ1v) is 6.96. The second-order valence-corrected chi connectivity index (χ2v) is 5.29. The van der Waals surface area contributed by atoms with Crippen molar-refractivity contribution in [2.75, 3.05) is 13.6 Å². The van der Waals surface area contributed by atoms with Crippen molar-refractivity contribution < 1.29 is 0 Å². The van der Waals surface area contributed by atoms with Gasteiger partial charge in [0.2, 0.25) is 0 Å². The minimum atomic E-state index is 0.488. The number of nitrogens with one attached hydrogen (secondary N) is 2. The maximum atomic E-state index is 4.25. The quantitative estimate of drug-likeness (QED) is 0.616. The van der Waals surface area contributed by atoms with Crippen molar-refractivity contribution in [1.29, 1.82) is 0 Å². The number of aromatic nitrogens is 3. The minimum absolute atomic E-state index is 0.488. The van der Waals surface area contributed by atoms with Gasteiger partial charge in [0.1, 0.15) is 12.2 Å². The molecule has 0 amide bonds. The Morgan fingerprint density at radius 2 is 2.26 bits per heavy atom. The Kier molecular flexibility index (Phi) is 4.39. The Morgan fingerprint density at radius 1 is 1.47 bits per heavy atom. The summed E-state index contributed by atoms with van der Waals surface area (Å²) in [6.07, 6.45) is 6.82. The zero-order valence-electron chi connectivity index (χ0n) is 12.1. The molecule has 2 N–H and O–H groups in total. The van der Waals surface area contributed by atoms with Crippen LogP contribution in [0, 0.1) is 5.41 Å². The zero-order chi connectivity index (χ0) is 13.7.